The lowest BCUT2D eigenvalue weighted by atomic mass is 10.0. The van der Waals surface area contributed by atoms with Crippen molar-refractivity contribution in [2.24, 2.45) is 0 Å². The molecule has 1 N–H and O–H groups in total. The zero-order valence-electron chi connectivity index (χ0n) is 11.2. The molecular weight excluding hydrogens is 244 g/mol. The van der Waals surface area contributed by atoms with Gasteiger partial charge >= 0.3 is 11.9 Å². The number of rotatable bonds is 2. The summed E-state index contributed by atoms with van der Waals surface area (Å²) in [5.41, 5.74) is -0.0160. The number of carbonyl (C=O) groups excluding carboxylic acids is 1. The molecule has 0 heterocycles. The molecule has 1 aromatic rings. The Morgan fingerprint density at radius 2 is 1.47 bits per heavy atom. The molecule has 1 aromatic carbocycles. The van der Waals surface area contributed by atoms with E-state index in [2.05, 4.69) is 4.74 Å². The summed E-state index contributed by atoms with van der Waals surface area (Å²) < 4.78 is 4.69. The number of hydrogen-bond donors (Lipinski definition) is 1. The van der Waals surface area contributed by atoms with Crippen LogP contribution in [0.1, 0.15) is 55.8 Å². The van der Waals surface area contributed by atoms with Crippen LogP contribution in [0.15, 0.2) is 24.3 Å². The topological polar surface area (TPSA) is 63.6 Å². The van der Waals surface area contributed by atoms with E-state index in [9.17, 15) is 9.59 Å². The number of ether oxygens (including phenoxy) is 1. The zero-order chi connectivity index (χ0) is 14.1. The molecule has 1 fully saturated rings. The van der Waals surface area contributed by atoms with Gasteiger partial charge in [0.1, 0.15) is 11.3 Å². The van der Waals surface area contributed by atoms with Crippen LogP contribution >= 0.6 is 0 Å². The highest BCUT2D eigenvalue weighted by atomic mass is 16.5. The number of aromatic carboxylic acids is 1. The largest absolute Gasteiger partial charge is 0.478 e. The predicted octanol–water partition coefficient (Wildman–Crippen LogP) is 3.65. The van der Waals surface area contributed by atoms with Gasteiger partial charge in [-0.2, -0.15) is 0 Å². The van der Waals surface area contributed by atoms with Crippen LogP contribution in [0.25, 0.3) is 0 Å². The van der Waals surface area contributed by atoms with Gasteiger partial charge in [-0.05, 0) is 12.1 Å². The quantitative estimate of drug-likeness (QED) is 0.654. The summed E-state index contributed by atoms with van der Waals surface area (Å²) in [4.78, 5) is 21.2. The van der Waals surface area contributed by atoms with Crippen LogP contribution in [0, 0.1) is 0 Å². The molecule has 0 radical (unpaired) electrons. The van der Waals surface area contributed by atoms with Gasteiger partial charge in [0.2, 0.25) is 0 Å². The average molecular weight is 264 g/mol. The summed E-state index contributed by atoms with van der Waals surface area (Å²) in [6, 6.07) is 5.98. The van der Waals surface area contributed by atoms with E-state index in [0.717, 1.165) is 0 Å². The molecule has 1 aliphatic rings. The summed E-state index contributed by atoms with van der Waals surface area (Å²) >= 11 is 0. The molecule has 4 heteroatoms. The molecule has 0 unspecified atom stereocenters. The third-order valence-corrected chi connectivity index (χ3v) is 2.87. The fourth-order valence-corrected chi connectivity index (χ4v) is 1.95. The first-order valence-electron chi connectivity index (χ1n) is 6.62. The van der Waals surface area contributed by atoms with E-state index >= 15 is 0 Å². The van der Waals surface area contributed by atoms with Crippen LogP contribution < -0.4 is 4.74 Å². The molecule has 4 nitrogen and oxygen atoms in total. The number of carbonyl (C=O) groups is 2. The smallest absolute Gasteiger partial charge is 0.339 e. The third-order valence-electron chi connectivity index (χ3n) is 2.87. The second-order valence-electron chi connectivity index (χ2n) is 4.52. The SMILES string of the molecule is C1CCCCC1.CC(=O)Oc1ccccc1C(=O)O. The summed E-state index contributed by atoms with van der Waals surface area (Å²) in [6.07, 6.45) is 9.00. The molecule has 1 aliphatic carbocycles. The van der Waals surface area contributed by atoms with Crippen LogP contribution in [-0.2, 0) is 4.79 Å². The molecule has 0 atom stereocenters. The van der Waals surface area contributed by atoms with Gasteiger partial charge in [-0.25, -0.2) is 4.79 Å². The van der Waals surface area contributed by atoms with E-state index in [1.165, 1.54) is 57.6 Å². The molecule has 0 saturated heterocycles. The average Bonchev–Trinajstić information content (AvgIpc) is 2.41. The van der Waals surface area contributed by atoms with Crippen LogP contribution in [-0.4, -0.2) is 17.0 Å². The van der Waals surface area contributed by atoms with Crippen molar-refractivity contribution in [3.8, 4) is 5.75 Å². The van der Waals surface area contributed by atoms with Gasteiger partial charge in [-0.3, -0.25) is 4.79 Å². The Balaban J connectivity index is 0.000000250. The summed E-state index contributed by atoms with van der Waals surface area (Å²) in [6.45, 7) is 1.22. The van der Waals surface area contributed by atoms with E-state index in [1.807, 2.05) is 0 Å². The summed E-state index contributed by atoms with van der Waals surface area (Å²) in [5, 5.41) is 8.69. The Bertz CT molecular complexity index is 410. The van der Waals surface area contributed by atoms with Gasteiger partial charge in [-0.1, -0.05) is 50.7 Å². The zero-order valence-corrected chi connectivity index (χ0v) is 11.2. The van der Waals surface area contributed by atoms with E-state index in [1.54, 1.807) is 12.1 Å². The van der Waals surface area contributed by atoms with E-state index < -0.39 is 11.9 Å². The number of benzene rings is 1. The minimum absolute atomic E-state index is 0.0160. The third kappa shape index (κ3) is 6.04. The van der Waals surface area contributed by atoms with Gasteiger partial charge < -0.3 is 9.84 Å². The molecule has 0 spiro atoms. The van der Waals surface area contributed by atoms with Crippen molar-refractivity contribution in [3.05, 3.63) is 29.8 Å². The van der Waals surface area contributed by atoms with Crippen molar-refractivity contribution >= 4 is 11.9 Å². The highest BCUT2D eigenvalue weighted by molar-refractivity contribution is 5.91. The van der Waals surface area contributed by atoms with Gasteiger partial charge in [0.05, 0.1) is 0 Å². The molecule has 1 saturated carbocycles. The van der Waals surface area contributed by atoms with Crippen molar-refractivity contribution in [1.29, 1.82) is 0 Å². The predicted molar refractivity (Wildman–Crippen MR) is 72.4 cm³/mol. The normalized spacial score (nSPS) is 13.9. The second kappa shape index (κ2) is 8.29. The number of esters is 1. The molecule has 0 aliphatic heterocycles. The Morgan fingerprint density at radius 1 is 1.00 bits per heavy atom. The van der Waals surface area contributed by atoms with E-state index in [0.29, 0.717) is 0 Å². The monoisotopic (exact) mass is 264 g/mol. The van der Waals surface area contributed by atoms with Crippen LogP contribution in [0.5, 0.6) is 5.75 Å². The van der Waals surface area contributed by atoms with Gasteiger partial charge in [0, 0.05) is 6.92 Å². The lowest BCUT2D eigenvalue weighted by Crippen LogP contribution is -2.06. The Kier molecular flexibility index (Phi) is 6.64. The van der Waals surface area contributed by atoms with Crippen molar-refractivity contribution in [3.63, 3.8) is 0 Å². The molecule has 2 rings (SSSR count). The molecular formula is C15H20O4. The second-order valence-corrected chi connectivity index (χ2v) is 4.52. The first-order valence-corrected chi connectivity index (χ1v) is 6.62. The Labute approximate surface area is 113 Å². The van der Waals surface area contributed by atoms with Gasteiger partial charge in [-0.15, -0.1) is 0 Å². The minimum Gasteiger partial charge on any atom is -0.478 e. The van der Waals surface area contributed by atoms with Crippen molar-refractivity contribution in [2.45, 2.75) is 45.4 Å². The fourth-order valence-electron chi connectivity index (χ4n) is 1.95. The van der Waals surface area contributed by atoms with Crippen LogP contribution in [0.2, 0.25) is 0 Å². The molecule has 0 amide bonds. The minimum atomic E-state index is -1.11. The number of carboxylic acid groups (broad SMARTS) is 1. The van der Waals surface area contributed by atoms with Crippen molar-refractivity contribution in [2.75, 3.05) is 0 Å². The standard InChI is InChI=1S/C9H8O4.C6H12/c1-6(10)13-8-5-3-2-4-7(8)9(11)12;1-2-4-6-5-3-1/h2-5H,1H3,(H,11,12);1-6H2. The lowest BCUT2D eigenvalue weighted by molar-refractivity contribution is -0.131. The number of para-hydroxylation sites is 1. The highest BCUT2D eigenvalue weighted by Gasteiger charge is 2.10. The van der Waals surface area contributed by atoms with Crippen LogP contribution in [0.4, 0.5) is 0 Å². The number of hydrogen-bond acceptors (Lipinski definition) is 3. The molecule has 19 heavy (non-hydrogen) atoms. The Morgan fingerprint density at radius 3 is 1.89 bits per heavy atom. The summed E-state index contributed by atoms with van der Waals surface area (Å²) in [5.74, 6) is -1.58. The van der Waals surface area contributed by atoms with E-state index in [4.69, 9.17) is 5.11 Å². The van der Waals surface area contributed by atoms with E-state index in [-0.39, 0.29) is 11.3 Å². The van der Waals surface area contributed by atoms with Gasteiger partial charge in [0.15, 0.2) is 0 Å². The van der Waals surface area contributed by atoms with Crippen molar-refractivity contribution < 1.29 is 19.4 Å². The maximum atomic E-state index is 10.6. The fraction of sp³-hybridized carbons (Fsp3) is 0.467. The van der Waals surface area contributed by atoms with Crippen molar-refractivity contribution in [1.82, 2.24) is 0 Å². The summed E-state index contributed by atoms with van der Waals surface area (Å²) in [7, 11) is 0. The maximum absolute atomic E-state index is 10.6. The van der Waals surface area contributed by atoms with Gasteiger partial charge in [0.25, 0.3) is 0 Å². The first-order chi connectivity index (χ1) is 9.11. The highest BCUT2D eigenvalue weighted by Crippen LogP contribution is 2.17. The maximum Gasteiger partial charge on any atom is 0.339 e. The number of carboxylic acids is 1. The molecule has 0 bridgehead atoms. The van der Waals surface area contributed by atoms with Crippen LogP contribution in [0.3, 0.4) is 0 Å². The first kappa shape index (κ1) is 15.2. The molecule has 0 aromatic heterocycles. The Hall–Kier alpha value is -1.84. The lowest BCUT2D eigenvalue weighted by Gasteiger charge is -2.05. The molecule has 104 valence electrons.